The highest BCUT2D eigenvalue weighted by Gasteiger charge is 2.21. The van der Waals surface area contributed by atoms with E-state index < -0.39 is 0 Å². The summed E-state index contributed by atoms with van der Waals surface area (Å²) in [4.78, 5) is 13.4. The maximum atomic E-state index is 10.9. The Kier molecular flexibility index (Phi) is 4.26. The molecule has 2 nitrogen and oxygen atoms in total. The van der Waals surface area contributed by atoms with Crippen molar-refractivity contribution in [3.8, 4) is 0 Å². The number of thioether (sulfide) groups is 1. The SMILES string of the molecule is CC(=O)CC(C)N1CCSC(C)C1. The van der Waals surface area contributed by atoms with Crippen molar-refractivity contribution in [1.29, 1.82) is 0 Å². The first kappa shape index (κ1) is 11.1. The Morgan fingerprint density at radius 1 is 1.69 bits per heavy atom. The van der Waals surface area contributed by atoms with Crippen LogP contribution in [0.15, 0.2) is 0 Å². The first-order valence-electron chi connectivity index (χ1n) is 4.94. The quantitative estimate of drug-likeness (QED) is 0.694. The summed E-state index contributed by atoms with van der Waals surface area (Å²) in [6.45, 7) is 8.38. The topological polar surface area (TPSA) is 20.3 Å². The molecule has 3 heteroatoms. The molecule has 76 valence electrons. The molecule has 0 aromatic rings. The van der Waals surface area contributed by atoms with E-state index in [0.717, 1.165) is 18.3 Å². The smallest absolute Gasteiger partial charge is 0.131 e. The molecule has 0 radical (unpaired) electrons. The third-order valence-electron chi connectivity index (χ3n) is 2.48. The average Bonchev–Trinajstić information content (AvgIpc) is 2.03. The van der Waals surface area contributed by atoms with Crippen LogP contribution >= 0.6 is 11.8 Å². The van der Waals surface area contributed by atoms with E-state index in [4.69, 9.17) is 0 Å². The molecule has 1 heterocycles. The summed E-state index contributed by atoms with van der Waals surface area (Å²) in [7, 11) is 0. The lowest BCUT2D eigenvalue weighted by Gasteiger charge is -2.34. The van der Waals surface area contributed by atoms with Gasteiger partial charge in [-0.2, -0.15) is 11.8 Å². The highest BCUT2D eigenvalue weighted by molar-refractivity contribution is 7.99. The molecule has 0 aromatic heterocycles. The summed E-state index contributed by atoms with van der Waals surface area (Å²) in [5.74, 6) is 1.52. The highest BCUT2D eigenvalue weighted by Crippen LogP contribution is 2.20. The standard InChI is InChI=1S/C10H19NOS/c1-8(6-9(2)12)11-4-5-13-10(3)7-11/h8,10H,4-7H2,1-3H3. The highest BCUT2D eigenvalue weighted by atomic mass is 32.2. The van der Waals surface area contributed by atoms with Crippen LogP contribution in [0.4, 0.5) is 0 Å². The summed E-state index contributed by atoms with van der Waals surface area (Å²) in [5.41, 5.74) is 0. The van der Waals surface area contributed by atoms with Gasteiger partial charge in [-0.3, -0.25) is 9.69 Å². The number of hydrogen-bond acceptors (Lipinski definition) is 3. The fourth-order valence-electron chi connectivity index (χ4n) is 1.79. The van der Waals surface area contributed by atoms with Gasteiger partial charge in [0.1, 0.15) is 5.78 Å². The molecular weight excluding hydrogens is 182 g/mol. The van der Waals surface area contributed by atoms with Crippen molar-refractivity contribution in [2.24, 2.45) is 0 Å². The molecule has 1 fully saturated rings. The Bertz CT molecular complexity index is 184. The molecule has 2 atom stereocenters. The number of ketones is 1. The van der Waals surface area contributed by atoms with Crippen LogP contribution in [0.3, 0.4) is 0 Å². The fraction of sp³-hybridized carbons (Fsp3) is 0.900. The second-order valence-corrected chi connectivity index (χ2v) is 5.48. The van der Waals surface area contributed by atoms with Gasteiger partial charge in [0.15, 0.2) is 0 Å². The Labute approximate surface area is 85.1 Å². The van der Waals surface area contributed by atoms with Gasteiger partial charge in [-0.1, -0.05) is 6.92 Å². The van der Waals surface area contributed by atoms with Crippen molar-refractivity contribution in [1.82, 2.24) is 4.90 Å². The normalized spacial score (nSPS) is 27.2. The molecular formula is C10H19NOS. The molecule has 0 spiro atoms. The number of carbonyl (C=O) groups is 1. The number of nitrogens with zero attached hydrogens (tertiary/aromatic N) is 1. The van der Waals surface area contributed by atoms with Gasteiger partial charge < -0.3 is 0 Å². The van der Waals surface area contributed by atoms with Crippen LogP contribution in [-0.2, 0) is 4.79 Å². The van der Waals surface area contributed by atoms with Crippen molar-refractivity contribution in [2.45, 2.75) is 38.5 Å². The molecule has 0 saturated carbocycles. The summed E-state index contributed by atoms with van der Waals surface area (Å²) in [6, 6.07) is 0.431. The van der Waals surface area contributed by atoms with E-state index in [1.54, 1.807) is 6.92 Å². The van der Waals surface area contributed by atoms with Crippen molar-refractivity contribution in [3.05, 3.63) is 0 Å². The van der Waals surface area contributed by atoms with Gasteiger partial charge in [-0.15, -0.1) is 0 Å². The van der Waals surface area contributed by atoms with E-state index in [9.17, 15) is 4.79 Å². The third-order valence-corrected chi connectivity index (χ3v) is 3.62. The van der Waals surface area contributed by atoms with Crippen LogP contribution in [0.25, 0.3) is 0 Å². The molecule has 0 bridgehead atoms. The first-order chi connectivity index (χ1) is 6.09. The zero-order valence-electron chi connectivity index (χ0n) is 8.75. The lowest BCUT2D eigenvalue weighted by Crippen LogP contribution is -2.43. The molecule has 13 heavy (non-hydrogen) atoms. The predicted molar refractivity (Wildman–Crippen MR) is 58.3 cm³/mol. The molecule has 0 N–H and O–H groups in total. The van der Waals surface area contributed by atoms with E-state index in [0.29, 0.717) is 18.2 Å². The molecule has 2 unspecified atom stereocenters. The summed E-state index contributed by atoms with van der Waals surface area (Å²) in [6.07, 6.45) is 0.706. The van der Waals surface area contributed by atoms with Crippen molar-refractivity contribution in [3.63, 3.8) is 0 Å². The fourth-order valence-corrected chi connectivity index (χ4v) is 2.83. The third kappa shape index (κ3) is 3.69. The van der Waals surface area contributed by atoms with E-state index in [1.165, 1.54) is 5.75 Å². The van der Waals surface area contributed by atoms with E-state index in [2.05, 4.69) is 18.7 Å². The van der Waals surface area contributed by atoms with Crippen molar-refractivity contribution in [2.75, 3.05) is 18.8 Å². The van der Waals surface area contributed by atoms with E-state index in [-0.39, 0.29) is 0 Å². The van der Waals surface area contributed by atoms with Crippen molar-refractivity contribution >= 4 is 17.5 Å². The first-order valence-corrected chi connectivity index (χ1v) is 5.99. The number of rotatable bonds is 3. The summed E-state index contributed by atoms with van der Waals surface area (Å²) < 4.78 is 0. The Morgan fingerprint density at radius 2 is 2.38 bits per heavy atom. The van der Waals surface area contributed by atoms with Gasteiger partial charge in [0.05, 0.1) is 0 Å². The number of hydrogen-bond donors (Lipinski definition) is 0. The molecule has 1 saturated heterocycles. The van der Waals surface area contributed by atoms with E-state index in [1.807, 2.05) is 11.8 Å². The van der Waals surface area contributed by atoms with Gasteiger partial charge in [0.25, 0.3) is 0 Å². The number of Topliss-reactive ketones (excluding diaryl/α,β-unsaturated/α-hetero) is 1. The van der Waals surface area contributed by atoms with Gasteiger partial charge >= 0.3 is 0 Å². The van der Waals surface area contributed by atoms with Crippen LogP contribution in [0.5, 0.6) is 0 Å². The monoisotopic (exact) mass is 201 g/mol. The van der Waals surface area contributed by atoms with Crippen LogP contribution in [0, 0.1) is 0 Å². The maximum Gasteiger partial charge on any atom is 0.131 e. The van der Waals surface area contributed by atoms with Gasteiger partial charge in [0.2, 0.25) is 0 Å². The van der Waals surface area contributed by atoms with Crippen LogP contribution in [0.1, 0.15) is 27.2 Å². The van der Waals surface area contributed by atoms with Gasteiger partial charge in [-0.05, 0) is 13.8 Å². The van der Waals surface area contributed by atoms with E-state index >= 15 is 0 Å². The minimum Gasteiger partial charge on any atom is -0.300 e. The molecule has 0 aromatic carbocycles. The van der Waals surface area contributed by atoms with Crippen LogP contribution in [0.2, 0.25) is 0 Å². The Balaban J connectivity index is 2.36. The zero-order valence-corrected chi connectivity index (χ0v) is 9.56. The van der Waals surface area contributed by atoms with Gasteiger partial charge in [0, 0.05) is 36.6 Å². The second-order valence-electron chi connectivity index (χ2n) is 3.93. The minimum atomic E-state index is 0.304. The molecule has 0 aliphatic carbocycles. The maximum absolute atomic E-state index is 10.9. The Morgan fingerprint density at radius 3 is 2.92 bits per heavy atom. The minimum absolute atomic E-state index is 0.304. The zero-order chi connectivity index (χ0) is 9.84. The van der Waals surface area contributed by atoms with Crippen LogP contribution in [-0.4, -0.2) is 40.8 Å². The molecule has 1 aliphatic heterocycles. The largest absolute Gasteiger partial charge is 0.300 e. The van der Waals surface area contributed by atoms with Crippen LogP contribution < -0.4 is 0 Å². The predicted octanol–water partition coefficient (Wildman–Crippen LogP) is 1.79. The summed E-state index contributed by atoms with van der Waals surface area (Å²) in [5, 5.41) is 0.725. The molecule has 1 aliphatic rings. The molecule has 1 rings (SSSR count). The molecule has 0 amide bonds. The second kappa shape index (κ2) is 5.01. The summed E-state index contributed by atoms with van der Waals surface area (Å²) >= 11 is 2.03. The average molecular weight is 201 g/mol. The lowest BCUT2D eigenvalue weighted by atomic mass is 10.1. The van der Waals surface area contributed by atoms with Gasteiger partial charge in [-0.25, -0.2) is 0 Å². The number of carbonyl (C=O) groups excluding carboxylic acids is 1. The Hall–Kier alpha value is -0.0200. The van der Waals surface area contributed by atoms with Crippen molar-refractivity contribution < 1.29 is 4.79 Å². The lowest BCUT2D eigenvalue weighted by molar-refractivity contribution is -0.118.